The molecule has 0 aliphatic carbocycles. The maximum Gasteiger partial charge on any atom is 0.481 e. The van der Waals surface area contributed by atoms with Gasteiger partial charge in [-0.25, -0.2) is 28.6 Å². The van der Waals surface area contributed by atoms with Crippen LogP contribution in [0.5, 0.6) is 0 Å². The second-order valence-corrected chi connectivity index (χ2v) is 17.8. The zero-order valence-electron chi connectivity index (χ0n) is 29.2. The average Bonchev–Trinajstić information content (AvgIpc) is 3.63. The van der Waals surface area contributed by atoms with Gasteiger partial charge in [-0.1, -0.05) is 39.0 Å². The molecule has 24 nitrogen and oxygen atoms in total. The Morgan fingerprint density at radius 3 is 2.41 bits per heavy atom. The maximum absolute atomic E-state index is 12.7. The van der Waals surface area contributed by atoms with Crippen LogP contribution in [0.25, 0.3) is 11.2 Å². The van der Waals surface area contributed by atoms with E-state index in [2.05, 4.69) is 34.4 Å². The van der Waals surface area contributed by atoms with Crippen molar-refractivity contribution in [3.63, 3.8) is 0 Å². The number of anilines is 1. The van der Waals surface area contributed by atoms with Gasteiger partial charge >= 0.3 is 23.5 Å². The fourth-order valence-electron chi connectivity index (χ4n) is 4.69. The first-order valence-electron chi connectivity index (χ1n) is 16.1. The number of ether oxygens (including phenoxy) is 1. The number of carbonyl (C=O) groups is 3. The number of carbonyl (C=O) groups excluding carboxylic acids is 3. The van der Waals surface area contributed by atoms with Gasteiger partial charge < -0.3 is 50.9 Å². The second kappa shape index (κ2) is 19.6. The molecule has 0 aromatic carbocycles. The number of amides is 2. The van der Waals surface area contributed by atoms with Crippen molar-refractivity contribution in [3.8, 4) is 0 Å². The van der Waals surface area contributed by atoms with Gasteiger partial charge in [0.2, 0.25) is 11.8 Å². The molecule has 7 atom stereocenters. The monoisotopic (exact) mass is 851 g/mol. The molecule has 306 valence electrons. The third-order valence-corrected chi connectivity index (χ3v) is 11.5. The topological polar surface area (TPSA) is 364 Å². The lowest BCUT2D eigenvalue weighted by molar-refractivity contribution is -0.137. The first-order valence-corrected chi connectivity index (χ1v) is 21.6. The Hall–Kier alpha value is -2.44. The molecule has 0 bridgehead atoms. The number of unbranched alkanes of at least 4 members (excludes halogenated alkanes) is 1. The molecule has 0 radical (unpaired) electrons. The number of phosphoric acid groups is 3. The molecular weight excluding hydrogens is 807 g/mol. The molecule has 2 aromatic heterocycles. The summed E-state index contributed by atoms with van der Waals surface area (Å²) in [6.45, 7) is 2.52. The lowest BCUT2D eigenvalue weighted by Crippen LogP contribution is -2.46. The highest BCUT2D eigenvalue weighted by molar-refractivity contribution is 8.13. The van der Waals surface area contributed by atoms with E-state index in [-0.39, 0.29) is 41.6 Å². The van der Waals surface area contributed by atoms with Crippen molar-refractivity contribution in [2.75, 3.05) is 37.8 Å². The number of nitrogens with two attached hydrogens (primary N) is 1. The Bertz CT molecular complexity index is 1760. The Morgan fingerprint density at radius 1 is 1.06 bits per heavy atom. The first-order chi connectivity index (χ1) is 25.1. The summed E-state index contributed by atoms with van der Waals surface area (Å²) in [4.78, 5) is 87.1. The van der Waals surface area contributed by atoms with E-state index in [1.807, 2.05) is 6.92 Å². The van der Waals surface area contributed by atoms with Crippen LogP contribution in [0.4, 0.5) is 5.82 Å². The van der Waals surface area contributed by atoms with Crippen LogP contribution in [0.2, 0.25) is 0 Å². The Balaban J connectivity index is 1.50. The van der Waals surface area contributed by atoms with Crippen LogP contribution in [-0.4, -0.2) is 123 Å². The predicted octanol–water partition coefficient (Wildman–Crippen LogP) is -0.145. The third kappa shape index (κ3) is 13.9. The summed E-state index contributed by atoms with van der Waals surface area (Å²) in [5, 5.41) is 26.4. The molecule has 1 saturated heterocycles. The van der Waals surface area contributed by atoms with E-state index in [4.69, 9.17) is 19.5 Å². The molecule has 0 spiro atoms. The molecule has 1 aliphatic rings. The standard InChI is InChI=1S/C26H44N7O17P3S/c1-4-5-6-17(35)54-10-9-28-16(34)7-8-29-24(38)21(37)26(2,3)12-47-53(44,45)50-52(42,43)46-11-15-20(49-51(39,40)41)19(36)25(48-15)33-14-32-18-22(27)30-13-31-23(18)33/h13-15,19-21,25,36-37H,4-12H2,1-3H3,(H,28,34)(H,29,38)(H,42,43)(H,44,45)(H2,27,30,31)(H2,39,40,41)/t15-,19-,20-,21+,25-/m1/s1. The van der Waals surface area contributed by atoms with Crippen molar-refractivity contribution >= 4 is 69.1 Å². The van der Waals surface area contributed by atoms with E-state index < -0.39 is 84.6 Å². The zero-order valence-corrected chi connectivity index (χ0v) is 32.7. The van der Waals surface area contributed by atoms with Crippen molar-refractivity contribution < 1.29 is 80.5 Å². The van der Waals surface area contributed by atoms with Gasteiger partial charge in [0.1, 0.15) is 36.3 Å². The van der Waals surface area contributed by atoms with Crippen LogP contribution in [0, 0.1) is 5.41 Å². The molecule has 2 amide bonds. The smallest absolute Gasteiger partial charge is 0.386 e. The first kappa shape index (κ1) is 45.9. The van der Waals surface area contributed by atoms with Gasteiger partial charge in [0, 0.05) is 37.1 Å². The highest BCUT2D eigenvalue weighted by Crippen LogP contribution is 2.61. The summed E-state index contributed by atoms with van der Waals surface area (Å²) in [7, 11) is -16.4. The van der Waals surface area contributed by atoms with E-state index in [9.17, 15) is 57.9 Å². The molecule has 0 saturated carbocycles. The average molecular weight is 852 g/mol. The number of aromatic nitrogens is 4. The summed E-state index contributed by atoms with van der Waals surface area (Å²) in [5.74, 6) is -1.05. The number of fused-ring (bicyclic) bond motifs is 1. The van der Waals surface area contributed by atoms with Gasteiger partial charge in [0.05, 0.1) is 19.5 Å². The number of aliphatic hydroxyl groups excluding tert-OH is 2. The summed E-state index contributed by atoms with van der Waals surface area (Å²) in [5.41, 5.74) is 4.27. The van der Waals surface area contributed by atoms with Gasteiger partial charge in [-0.3, -0.25) is 32.5 Å². The number of rotatable bonds is 22. The van der Waals surface area contributed by atoms with Gasteiger partial charge in [-0.05, 0) is 6.42 Å². The molecular formula is C26H44N7O17P3S. The van der Waals surface area contributed by atoms with E-state index >= 15 is 0 Å². The van der Waals surface area contributed by atoms with E-state index in [1.165, 1.54) is 13.8 Å². The fourth-order valence-corrected chi connectivity index (χ4v) is 8.24. The number of hydrogen-bond donors (Lipinski definition) is 9. The zero-order chi connectivity index (χ0) is 40.5. The molecule has 2 aromatic rings. The summed E-state index contributed by atoms with van der Waals surface area (Å²) >= 11 is 1.11. The van der Waals surface area contributed by atoms with Gasteiger partial charge in [0.15, 0.2) is 22.8 Å². The lowest BCUT2D eigenvalue weighted by atomic mass is 9.87. The minimum Gasteiger partial charge on any atom is -0.386 e. The van der Waals surface area contributed by atoms with Crippen molar-refractivity contribution in [1.82, 2.24) is 30.2 Å². The maximum atomic E-state index is 12.7. The number of aliphatic hydroxyl groups is 2. The van der Waals surface area contributed by atoms with Crippen LogP contribution < -0.4 is 16.4 Å². The molecule has 54 heavy (non-hydrogen) atoms. The van der Waals surface area contributed by atoms with Gasteiger partial charge in [0.25, 0.3) is 0 Å². The number of nitrogens with one attached hydrogen (secondary N) is 2. The Labute approximate surface area is 312 Å². The molecule has 10 N–H and O–H groups in total. The van der Waals surface area contributed by atoms with Gasteiger partial charge in [-0.15, -0.1) is 0 Å². The fraction of sp³-hybridized carbons (Fsp3) is 0.692. The van der Waals surface area contributed by atoms with Crippen molar-refractivity contribution in [1.29, 1.82) is 0 Å². The number of nitrogens with zero attached hydrogens (tertiary/aromatic N) is 4. The molecule has 1 fully saturated rings. The molecule has 2 unspecified atom stereocenters. The summed E-state index contributed by atoms with van der Waals surface area (Å²) < 4.78 is 62.0. The number of nitrogen functional groups attached to an aromatic ring is 1. The number of hydrogen-bond acceptors (Lipinski definition) is 18. The Morgan fingerprint density at radius 2 is 1.74 bits per heavy atom. The molecule has 3 heterocycles. The highest BCUT2D eigenvalue weighted by atomic mass is 32.2. The number of phosphoric ester groups is 3. The van der Waals surface area contributed by atoms with Crippen LogP contribution in [-0.2, 0) is 50.7 Å². The Kier molecular flexibility index (Phi) is 16.7. The summed E-state index contributed by atoms with van der Waals surface area (Å²) in [6.07, 6.45) is -4.74. The van der Waals surface area contributed by atoms with Crippen molar-refractivity contribution in [2.24, 2.45) is 5.41 Å². The minimum absolute atomic E-state index is 0.0306. The van der Waals surface area contributed by atoms with Crippen LogP contribution >= 0.6 is 35.2 Å². The molecule has 28 heteroatoms. The normalized spacial score (nSPS) is 22.0. The van der Waals surface area contributed by atoms with Crippen LogP contribution in [0.3, 0.4) is 0 Å². The summed E-state index contributed by atoms with van der Waals surface area (Å²) in [6, 6.07) is 0. The largest absolute Gasteiger partial charge is 0.481 e. The van der Waals surface area contributed by atoms with Crippen LogP contribution in [0.1, 0.15) is 52.7 Å². The SMILES string of the molecule is CCCCC(=O)SCCNC(=O)CCNC(=O)[C@H](O)C(C)(C)COP(=O)(O)OP(=O)(O)OC[C@H]1O[C@@H](n2cnc3c(N)ncnc32)[C@H](O)[C@@H]1OP(=O)(O)O. The second-order valence-electron chi connectivity index (χ2n) is 12.4. The molecule has 3 rings (SSSR count). The third-order valence-electron chi connectivity index (χ3n) is 7.50. The minimum atomic E-state index is -5.56. The lowest BCUT2D eigenvalue weighted by Gasteiger charge is -2.30. The van der Waals surface area contributed by atoms with E-state index in [0.29, 0.717) is 12.2 Å². The van der Waals surface area contributed by atoms with E-state index in [1.54, 1.807) is 0 Å². The molecule has 1 aliphatic heterocycles. The number of imidazole rings is 1. The van der Waals surface area contributed by atoms with E-state index in [0.717, 1.165) is 41.8 Å². The van der Waals surface area contributed by atoms with Crippen molar-refractivity contribution in [3.05, 3.63) is 12.7 Å². The quantitative estimate of drug-likeness (QED) is 0.0549. The highest BCUT2D eigenvalue weighted by Gasteiger charge is 2.50. The van der Waals surface area contributed by atoms with Crippen molar-refractivity contribution in [2.45, 2.75) is 77.1 Å². The van der Waals surface area contributed by atoms with Gasteiger partial charge in [-0.2, -0.15) is 4.31 Å². The predicted molar refractivity (Wildman–Crippen MR) is 187 cm³/mol. The number of thioether (sulfide) groups is 1. The van der Waals surface area contributed by atoms with Crippen LogP contribution in [0.15, 0.2) is 12.7 Å².